The van der Waals surface area contributed by atoms with Crippen LogP contribution >= 0.6 is 0 Å². The molecule has 2 aromatic heterocycles. The Hall–Kier alpha value is -3.41. The predicted molar refractivity (Wildman–Crippen MR) is 96.8 cm³/mol. The molecule has 0 radical (unpaired) electrons. The van der Waals surface area contributed by atoms with Crippen molar-refractivity contribution in [1.29, 1.82) is 0 Å². The number of aromatic amines is 1. The number of rotatable bonds is 2. The van der Waals surface area contributed by atoms with Gasteiger partial charge in [-0.2, -0.15) is 4.68 Å². The summed E-state index contributed by atoms with van der Waals surface area (Å²) in [6, 6.07) is 14.1. The van der Waals surface area contributed by atoms with Crippen LogP contribution in [0, 0.1) is 6.92 Å². The first-order valence-corrected chi connectivity index (χ1v) is 7.78. The highest BCUT2D eigenvalue weighted by Gasteiger charge is 2.11. The van der Waals surface area contributed by atoms with Gasteiger partial charge in [-0.15, -0.1) is 0 Å². The molecule has 6 nitrogen and oxygen atoms in total. The molecule has 0 amide bonds. The molecule has 2 aromatic carbocycles. The Kier molecular flexibility index (Phi) is 3.39. The van der Waals surface area contributed by atoms with Gasteiger partial charge in [-0.05, 0) is 42.8 Å². The summed E-state index contributed by atoms with van der Waals surface area (Å²) in [6.45, 7) is 1.93. The number of pyridine rings is 1. The zero-order chi connectivity index (χ0) is 17.6. The van der Waals surface area contributed by atoms with Gasteiger partial charge in [-0.1, -0.05) is 12.1 Å². The lowest BCUT2D eigenvalue weighted by molar-refractivity contribution is 0.415. The average Bonchev–Trinajstić information content (AvgIpc) is 2.64. The van der Waals surface area contributed by atoms with E-state index in [0.717, 1.165) is 10.9 Å². The highest BCUT2D eigenvalue weighted by molar-refractivity contribution is 5.84. The Balaban J connectivity index is 2.05. The van der Waals surface area contributed by atoms with Crippen molar-refractivity contribution >= 4 is 21.7 Å². The van der Waals surface area contributed by atoms with E-state index in [4.69, 9.17) is 4.74 Å². The summed E-state index contributed by atoms with van der Waals surface area (Å²) in [4.78, 5) is 29.6. The SMILES string of the molecule is COc1ccc2c(C)cc(-n3[nH]c(=O)c4ccccc4c3=O)nc2c1. The number of ether oxygens (including phenoxy) is 1. The number of H-pyrrole nitrogens is 1. The Labute approximate surface area is 142 Å². The summed E-state index contributed by atoms with van der Waals surface area (Å²) >= 11 is 0. The number of hydrogen-bond donors (Lipinski definition) is 1. The van der Waals surface area contributed by atoms with E-state index in [2.05, 4.69) is 10.1 Å². The first-order valence-electron chi connectivity index (χ1n) is 7.78. The molecular weight excluding hydrogens is 318 g/mol. The normalized spacial score (nSPS) is 11.1. The topological polar surface area (TPSA) is 77.0 Å². The van der Waals surface area contributed by atoms with Crippen molar-refractivity contribution in [2.24, 2.45) is 0 Å². The van der Waals surface area contributed by atoms with Crippen molar-refractivity contribution in [1.82, 2.24) is 14.8 Å². The van der Waals surface area contributed by atoms with Crippen LogP contribution in [0.1, 0.15) is 5.56 Å². The molecule has 4 aromatic rings. The van der Waals surface area contributed by atoms with Crippen LogP contribution in [0.25, 0.3) is 27.5 Å². The van der Waals surface area contributed by atoms with Crippen molar-refractivity contribution in [3.8, 4) is 11.6 Å². The van der Waals surface area contributed by atoms with Crippen molar-refractivity contribution in [3.63, 3.8) is 0 Å². The lowest BCUT2D eigenvalue weighted by atomic mass is 10.1. The van der Waals surface area contributed by atoms with E-state index < -0.39 is 0 Å². The fourth-order valence-corrected chi connectivity index (χ4v) is 2.97. The number of hydrogen-bond acceptors (Lipinski definition) is 4. The second-order valence-electron chi connectivity index (χ2n) is 5.81. The van der Waals surface area contributed by atoms with Crippen LogP contribution in [0.5, 0.6) is 5.75 Å². The molecule has 124 valence electrons. The average molecular weight is 333 g/mol. The molecule has 0 saturated heterocycles. The van der Waals surface area contributed by atoms with Gasteiger partial charge in [0.1, 0.15) is 5.75 Å². The maximum absolute atomic E-state index is 12.8. The Morgan fingerprint density at radius 3 is 2.52 bits per heavy atom. The number of aryl methyl sites for hydroxylation is 1. The van der Waals surface area contributed by atoms with Gasteiger partial charge in [0.25, 0.3) is 11.1 Å². The maximum atomic E-state index is 12.8. The first-order chi connectivity index (χ1) is 12.1. The van der Waals surface area contributed by atoms with Crippen LogP contribution in [0.2, 0.25) is 0 Å². The van der Waals surface area contributed by atoms with E-state index in [1.54, 1.807) is 43.5 Å². The number of nitrogens with zero attached hydrogens (tertiary/aromatic N) is 2. The summed E-state index contributed by atoms with van der Waals surface area (Å²) in [5.41, 5.74) is 0.989. The molecule has 0 saturated carbocycles. The van der Waals surface area contributed by atoms with Gasteiger partial charge >= 0.3 is 0 Å². The van der Waals surface area contributed by atoms with Crippen LogP contribution in [-0.4, -0.2) is 21.9 Å². The molecule has 0 unspecified atom stereocenters. The zero-order valence-electron chi connectivity index (χ0n) is 13.7. The van der Waals surface area contributed by atoms with Gasteiger partial charge in [0, 0.05) is 11.5 Å². The van der Waals surface area contributed by atoms with Crippen LogP contribution in [0.15, 0.2) is 58.1 Å². The lowest BCUT2D eigenvalue weighted by Crippen LogP contribution is -2.29. The molecule has 0 atom stereocenters. The summed E-state index contributed by atoms with van der Waals surface area (Å²) < 4.78 is 6.43. The number of methoxy groups -OCH3 is 1. The first kappa shape index (κ1) is 15.1. The Bertz CT molecular complexity index is 1240. The lowest BCUT2D eigenvalue weighted by Gasteiger charge is -2.10. The minimum Gasteiger partial charge on any atom is -0.497 e. The van der Waals surface area contributed by atoms with Gasteiger partial charge in [0.15, 0.2) is 5.82 Å². The van der Waals surface area contributed by atoms with Crippen molar-refractivity contribution < 1.29 is 4.74 Å². The largest absolute Gasteiger partial charge is 0.497 e. The third kappa shape index (κ3) is 2.39. The summed E-state index contributed by atoms with van der Waals surface area (Å²) in [7, 11) is 1.59. The molecule has 0 aliphatic rings. The Morgan fingerprint density at radius 1 is 1.00 bits per heavy atom. The molecule has 0 aliphatic carbocycles. The fraction of sp³-hybridized carbons (Fsp3) is 0.105. The van der Waals surface area contributed by atoms with Gasteiger partial charge in [-0.25, -0.2) is 4.98 Å². The van der Waals surface area contributed by atoms with E-state index in [9.17, 15) is 9.59 Å². The van der Waals surface area contributed by atoms with E-state index in [0.29, 0.717) is 27.9 Å². The second-order valence-corrected chi connectivity index (χ2v) is 5.81. The van der Waals surface area contributed by atoms with E-state index in [1.807, 2.05) is 19.1 Å². The predicted octanol–water partition coefficient (Wildman–Crippen LogP) is 2.54. The van der Waals surface area contributed by atoms with Crippen LogP contribution < -0.4 is 15.9 Å². The number of benzene rings is 2. The van der Waals surface area contributed by atoms with Gasteiger partial charge in [-0.3, -0.25) is 14.7 Å². The molecule has 2 heterocycles. The molecule has 0 spiro atoms. The molecule has 0 aliphatic heterocycles. The van der Waals surface area contributed by atoms with Gasteiger partial charge in [0.05, 0.1) is 23.4 Å². The summed E-state index contributed by atoms with van der Waals surface area (Å²) in [6.07, 6.45) is 0. The number of fused-ring (bicyclic) bond motifs is 2. The smallest absolute Gasteiger partial charge is 0.279 e. The van der Waals surface area contributed by atoms with Crippen molar-refractivity contribution in [2.45, 2.75) is 6.92 Å². The van der Waals surface area contributed by atoms with Gasteiger partial charge < -0.3 is 4.74 Å². The third-order valence-electron chi connectivity index (χ3n) is 4.26. The highest BCUT2D eigenvalue weighted by Crippen LogP contribution is 2.23. The molecule has 25 heavy (non-hydrogen) atoms. The van der Waals surface area contributed by atoms with Gasteiger partial charge in [0.2, 0.25) is 0 Å². The number of nitrogens with one attached hydrogen (secondary N) is 1. The van der Waals surface area contributed by atoms with Crippen LogP contribution in [0.4, 0.5) is 0 Å². The summed E-state index contributed by atoms with van der Waals surface area (Å²) in [5.74, 6) is 1.04. The third-order valence-corrected chi connectivity index (χ3v) is 4.26. The summed E-state index contributed by atoms with van der Waals surface area (Å²) in [5, 5.41) is 4.29. The zero-order valence-corrected chi connectivity index (χ0v) is 13.7. The number of aromatic nitrogens is 3. The molecular formula is C19H15N3O3. The second kappa shape index (κ2) is 5.59. The molecule has 1 N–H and O–H groups in total. The molecule has 0 bridgehead atoms. The minimum atomic E-state index is -0.333. The molecule has 4 rings (SSSR count). The maximum Gasteiger partial charge on any atom is 0.279 e. The van der Waals surface area contributed by atoms with E-state index in [1.165, 1.54) is 4.68 Å². The minimum absolute atomic E-state index is 0.315. The van der Waals surface area contributed by atoms with Crippen LogP contribution in [0.3, 0.4) is 0 Å². The quantitative estimate of drug-likeness (QED) is 0.611. The monoisotopic (exact) mass is 333 g/mol. The van der Waals surface area contributed by atoms with E-state index >= 15 is 0 Å². The fourth-order valence-electron chi connectivity index (χ4n) is 2.97. The van der Waals surface area contributed by atoms with Crippen LogP contribution in [-0.2, 0) is 0 Å². The molecule has 6 heteroatoms. The van der Waals surface area contributed by atoms with E-state index in [-0.39, 0.29) is 11.1 Å². The highest BCUT2D eigenvalue weighted by atomic mass is 16.5. The molecule has 0 fully saturated rings. The Morgan fingerprint density at radius 2 is 1.76 bits per heavy atom. The van der Waals surface area contributed by atoms with Crippen molar-refractivity contribution in [2.75, 3.05) is 7.11 Å². The van der Waals surface area contributed by atoms with Crippen molar-refractivity contribution in [3.05, 3.63) is 74.8 Å². The standard InChI is InChI=1S/C19H15N3O3/c1-11-9-17(20-16-10-12(25-2)7-8-13(11)16)22-19(24)15-6-4-3-5-14(15)18(23)21-22/h3-10H,1-2H3,(H,21,23).